The molecule has 0 unspecified atom stereocenters. The number of allylic oxidation sites excluding steroid dienone is 1. The van der Waals surface area contributed by atoms with Gasteiger partial charge in [-0.1, -0.05) is 17.7 Å². The Morgan fingerprint density at radius 3 is 2.76 bits per heavy atom. The molecule has 1 aromatic heterocycles. The quantitative estimate of drug-likeness (QED) is 0.892. The van der Waals surface area contributed by atoms with E-state index < -0.39 is 11.7 Å². The van der Waals surface area contributed by atoms with Crippen molar-refractivity contribution in [2.75, 3.05) is 0 Å². The molecule has 2 heterocycles. The van der Waals surface area contributed by atoms with Gasteiger partial charge >= 0.3 is 0 Å². The van der Waals surface area contributed by atoms with Crippen molar-refractivity contribution in [2.45, 2.75) is 26.3 Å². The van der Waals surface area contributed by atoms with E-state index in [4.69, 9.17) is 22.1 Å². The van der Waals surface area contributed by atoms with Crippen molar-refractivity contribution in [1.29, 1.82) is 5.26 Å². The van der Waals surface area contributed by atoms with Crippen LogP contribution < -0.4 is 16.0 Å². The molecule has 128 valence electrons. The molecule has 1 aliphatic rings. The molecule has 2 aromatic rings. The summed E-state index contributed by atoms with van der Waals surface area (Å²) in [6.45, 7) is 4.01. The number of fused-ring (bicyclic) bond motifs is 1. The number of rotatable bonds is 2. The number of aryl methyl sites for hydroxylation is 1. The average Bonchev–Trinajstić information content (AvgIpc) is 2.54. The van der Waals surface area contributed by atoms with E-state index in [0.717, 1.165) is 0 Å². The Morgan fingerprint density at radius 2 is 2.16 bits per heavy atom. The van der Waals surface area contributed by atoms with Crippen LogP contribution in [0, 0.1) is 24.1 Å². The Kier molecular flexibility index (Phi) is 4.27. The first kappa shape index (κ1) is 17.1. The van der Waals surface area contributed by atoms with E-state index in [1.165, 1.54) is 22.8 Å². The topological polar surface area (TPSA) is 81.0 Å². The maximum absolute atomic E-state index is 14.6. The Bertz CT molecular complexity index is 984. The van der Waals surface area contributed by atoms with Crippen LogP contribution in [0.5, 0.6) is 5.75 Å². The highest BCUT2D eigenvalue weighted by Gasteiger charge is 2.36. The van der Waals surface area contributed by atoms with Crippen molar-refractivity contribution in [3.05, 3.63) is 73.7 Å². The van der Waals surface area contributed by atoms with Gasteiger partial charge in [0.05, 0.1) is 11.5 Å². The molecule has 0 bridgehead atoms. The highest BCUT2D eigenvalue weighted by Crippen LogP contribution is 2.43. The molecule has 5 nitrogen and oxygen atoms in total. The van der Waals surface area contributed by atoms with Crippen LogP contribution in [0.15, 0.2) is 40.5 Å². The van der Waals surface area contributed by atoms with Gasteiger partial charge in [-0.25, -0.2) is 4.39 Å². The summed E-state index contributed by atoms with van der Waals surface area (Å²) in [6.07, 6.45) is 0. The van der Waals surface area contributed by atoms with Crippen LogP contribution in [0.1, 0.15) is 29.7 Å². The Labute approximate surface area is 148 Å². The van der Waals surface area contributed by atoms with Gasteiger partial charge in [0.2, 0.25) is 5.88 Å². The van der Waals surface area contributed by atoms with Crippen molar-refractivity contribution in [1.82, 2.24) is 4.57 Å². The summed E-state index contributed by atoms with van der Waals surface area (Å²) in [6, 6.07) is 7.78. The number of hydrogen-bond donors (Lipinski definition) is 1. The van der Waals surface area contributed by atoms with Gasteiger partial charge < -0.3 is 15.0 Å². The van der Waals surface area contributed by atoms with Crippen LogP contribution in [0.4, 0.5) is 4.39 Å². The number of pyridine rings is 1. The number of nitrogens with two attached hydrogens (primary N) is 1. The molecule has 0 amide bonds. The molecule has 1 aliphatic heterocycles. The predicted molar refractivity (Wildman–Crippen MR) is 91.8 cm³/mol. The highest BCUT2D eigenvalue weighted by atomic mass is 35.5. The first-order chi connectivity index (χ1) is 11.9. The smallest absolute Gasteiger partial charge is 0.258 e. The third-order valence-corrected chi connectivity index (χ3v) is 4.62. The van der Waals surface area contributed by atoms with E-state index in [1.54, 1.807) is 13.0 Å². The second-order valence-corrected chi connectivity index (χ2v) is 6.08. The lowest BCUT2D eigenvalue weighted by molar-refractivity contribution is 0.387. The predicted octanol–water partition coefficient (Wildman–Crippen LogP) is 3.19. The van der Waals surface area contributed by atoms with Crippen LogP contribution in [-0.4, -0.2) is 4.57 Å². The maximum Gasteiger partial charge on any atom is 0.258 e. The summed E-state index contributed by atoms with van der Waals surface area (Å²) in [5.74, 6) is -1.58. The number of hydrogen-bond acceptors (Lipinski definition) is 4. The van der Waals surface area contributed by atoms with E-state index in [9.17, 15) is 14.4 Å². The molecular formula is C18H15ClFN3O2. The maximum atomic E-state index is 14.6. The summed E-state index contributed by atoms with van der Waals surface area (Å²) in [5, 5.41) is 9.64. The fourth-order valence-electron chi connectivity index (χ4n) is 3.15. The lowest BCUT2D eigenvalue weighted by Gasteiger charge is -2.27. The molecule has 0 radical (unpaired) electrons. The van der Waals surface area contributed by atoms with Gasteiger partial charge in [0.25, 0.3) is 5.56 Å². The number of benzene rings is 1. The fourth-order valence-corrected chi connectivity index (χ4v) is 3.43. The van der Waals surface area contributed by atoms with Gasteiger partial charge in [-0.3, -0.25) is 4.79 Å². The molecule has 0 aliphatic carbocycles. The van der Waals surface area contributed by atoms with Crippen LogP contribution in [0.25, 0.3) is 0 Å². The summed E-state index contributed by atoms with van der Waals surface area (Å²) < 4.78 is 21.6. The van der Waals surface area contributed by atoms with Crippen molar-refractivity contribution in [3.63, 3.8) is 0 Å². The third-order valence-electron chi connectivity index (χ3n) is 4.29. The van der Waals surface area contributed by atoms with Gasteiger partial charge in [0, 0.05) is 28.9 Å². The molecule has 7 heteroatoms. The normalized spacial score (nSPS) is 16.2. The standard InChI is InChI=1S/C18H15ClFN3O2/c1-3-23-9(2)7-13-16(18(23)24)14(10(8-21)17(22)25-13)15-11(19)5-4-6-12(15)20/h4-7,14H,3,22H2,1-2H3/t14-/m0/s1. The van der Waals surface area contributed by atoms with Crippen molar-refractivity contribution in [2.24, 2.45) is 5.73 Å². The van der Waals surface area contributed by atoms with E-state index in [-0.39, 0.29) is 38.9 Å². The van der Waals surface area contributed by atoms with Crippen LogP contribution in [0.3, 0.4) is 0 Å². The van der Waals surface area contributed by atoms with Gasteiger partial charge in [0.15, 0.2) is 0 Å². The summed E-state index contributed by atoms with van der Waals surface area (Å²) in [5.41, 5.74) is 6.34. The average molecular weight is 360 g/mol. The summed E-state index contributed by atoms with van der Waals surface area (Å²) >= 11 is 6.19. The molecule has 0 saturated carbocycles. The van der Waals surface area contributed by atoms with E-state index >= 15 is 0 Å². The SMILES string of the molecule is CCn1c(C)cc2c(c1=O)[C@H](c1c(F)cccc1Cl)C(C#N)=C(N)O2. The molecule has 2 N–H and O–H groups in total. The van der Waals surface area contributed by atoms with Crippen LogP contribution >= 0.6 is 11.6 Å². The second-order valence-electron chi connectivity index (χ2n) is 5.67. The first-order valence-electron chi connectivity index (χ1n) is 7.66. The monoisotopic (exact) mass is 359 g/mol. The number of ether oxygens (including phenoxy) is 1. The van der Waals surface area contributed by atoms with Crippen molar-refractivity contribution >= 4 is 11.6 Å². The number of halogens is 2. The first-order valence-corrected chi connectivity index (χ1v) is 8.04. The zero-order valence-electron chi connectivity index (χ0n) is 13.6. The Hall–Kier alpha value is -2.78. The molecule has 1 atom stereocenters. The van der Waals surface area contributed by atoms with Gasteiger partial charge in [-0.2, -0.15) is 5.26 Å². The van der Waals surface area contributed by atoms with Gasteiger partial charge in [-0.15, -0.1) is 0 Å². The number of nitrogens with zero attached hydrogens (tertiary/aromatic N) is 2. The van der Waals surface area contributed by atoms with Crippen molar-refractivity contribution in [3.8, 4) is 11.8 Å². The minimum Gasteiger partial charge on any atom is -0.440 e. The molecule has 0 fully saturated rings. The van der Waals surface area contributed by atoms with Crippen LogP contribution in [-0.2, 0) is 6.54 Å². The second kappa shape index (κ2) is 6.26. The number of nitriles is 1. The van der Waals surface area contributed by atoms with Gasteiger partial charge in [0.1, 0.15) is 23.2 Å². The summed E-state index contributed by atoms with van der Waals surface area (Å²) in [7, 11) is 0. The van der Waals surface area contributed by atoms with Crippen molar-refractivity contribution < 1.29 is 9.13 Å². The fraction of sp³-hybridized carbons (Fsp3) is 0.222. The minimum absolute atomic E-state index is 0.0387. The largest absolute Gasteiger partial charge is 0.440 e. The van der Waals surface area contributed by atoms with E-state index in [0.29, 0.717) is 12.2 Å². The van der Waals surface area contributed by atoms with Crippen LogP contribution in [0.2, 0.25) is 5.02 Å². The molecule has 25 heavy (non-hydrogen) atoms. The number of aromatic nitrogens is 1. The third kappa shape index (κ3) is 2.57. The zero-order chi connectivity index (χ0) is 18.3. The minimum atomic E-state index is -1.02. The Balaban J connectivity index is 2.43. The van der Waals surface area contributed by atoms with E-state index in [2.05, 4.69) is 0 Å². The molecule has 3 rings (SSSR count). The van der Waals surface area contributed by atoms with E-state index in [1.807, 2.05) is 13.0 Å². The van der Waals surface area contributed by atoms with Gasteiger partial charge in [-0.05, 0) is 26.0 Å². The molecular weight excluding hydrogens is 345 g/mol. The molecule has 0 saturated heterocycles. The highest BCUT2D eigenvalue weighted by molar-refractivity contribution is 6.31. The lowest BCUT2D eigenvalue weighted by atomic mass is 9.83. The lowest BCUT2D eigenvalue weighted by Crippen LogP contribution is -2.32. The zero-order valence-corrected chi connectivity index (χ0v) is 14.4. The summed E-state index contributed by atoms with van der Waals surface area (Å²) in [4.78, 5) is 13.0. The molecule has 1 aromatic carbocycles. The Morgan fingerprint density at radius 1 is 1.44 bits per heavy atom. The molecule has 0 spiro atoms.